The van der Waals surface area contributed by atoms with Crippen LogP contribution in [0.25, 0.3) is 0 Å². The Hall–Kier alpha value is -2.37. The molecule has 1 aliphatic rings. The van der Waals surface area contributed by atoms with E-state index in [1.165, 1.54) is 24.8 Å². The lowest BCUT2D eigenvalue weighted by Crippen LogP contribution is -2.37. The summed E-state index contributed by atoms with van der Waals surface area (Å²) in [5, 5.41) is 15.3. The van der Waals surface area contributed by atoms with E-state index in [0.717, 1.165) is 37.1 Å². The lowest BCUT2D eigenvalue weighted by atomic mass is 10.2. The van der Waals surface area contributed by atoms with Crippen LogP contribution in [0.2, 0.25) is 0 Å². The summed E-state index contributed by atoms with van der Waals surface area (Å²) in [5.41, 5.74) is 1.23. The minimum Gasteiger partial charge on any atom is -0.352 e. The number of hydrogen-bond donors (Lipinski definition) is 2. The van der Waals surface area contributed by atoms with Crippen molar-refractivity contribution in [1.82, 2.24) is 25.4 Å². The van der Waals surface area contributed by atoms with Gasteiger partial charge < -0.3 is 15.2 Å². The predicted molar refractivity (Wildman–Crippen MR) is 91.1 cm³/mol. The summed E-state index contributed by atoms with van der Waals surface area (Å²) in [5.74, 6) is 2.89. The lowest BCUT2D eigenvalue weighted by Gasteiger charge is -2.12. The number of rotatable bonds is 4. The summed E-state index contributed by atoms with van der Waals surface area (Å²) in [6, 6.07) is 10.3. The van der Waals surface area contributed by atoms with Crippen molar-refractivity contribution in [1.29, 1.82) is 0 Å². The molecule has 1 aromatic carbocycles. The predicted octanol–water partition coefficient (Wildman–Crippen LogP) is 1.87. The quantitative estimate of drug-likeness (QED) is 0.668. The number of aryl methyl sites for hydroxylation is 1. The second-order valence-corrected chi connectivity index (χ2v) is 5.76. The van der Waals surface area contributed by atoms with Crippen molar-refractivity contribution >= 4 is 5.96 Å². The number of nitrogens with one attached hydrogen (secondary N) is 2. The topological polar surface area (TPSA) is 67.1 Å². The van der Waals surface area contributed by atoms with E-state index in [2.05, 4.69) is 42.5 Å². The fraction of sp³-hybridized carbons (Fsp3) is 0.471. The van der Waals surface area contributed by atoms with Crippen LogP contribution in [0.3, 0.4) is 0 Å². The van der Waals surface area contributed by atoms with Gasteiger partial charge in [0.25, 0.3) is 0 Å². The molecule has 1 aliphatic heterocycles. The lowest BCUT2D eigenvalue weighted by molar-refractivity contribution is 0.596. The van der Waals surface area contributed by atoms with E-state index in [4.69, 9.17) is 0 Å². The van der Waals surface area contributed by atoms with Crippen LogP contribution < -0.4 is 10.6 Å². The van der Waals surface area contributed by atoms with Crippen molar-refractivity contribution in [2.45, 2.75) is 45.3 Å². The molecule has 0 bridgehead atoms. The number of hydrogen-bond acceptors (Lipinski definition) is 3. The van der Waals surface area contributed by atoms with Crippen LogP contribution in [0.5, 0.6) is 0 Å². The molecule has 23 heavy (non-hydrogen) atoms. The van der Waals surface area contributed by atoms with Crippen LogP contribution in [0.1, 0.15) is 36.5 Å². The van der Waals surface area contributed by atoms with Gasteiger partial charge in [-0.25, -0.2) is 0 Å². The molecule has 0 saturated carbocycles. The minimum atomic E-state index is 0.640. The van der Waals surface area contributed by atoms with Gasteiger partial charge in [0.2, 0.25) is 0 Å². The standard InChI is InChI=1S/C17H24N6/c1-18-17(19-12-14-8-4-2-5-9-14)20-13-16-22-21-15-10-6-3-7-11-23(15)16/h2,4-5,8-9H,3,6-7,10-13H2,1H3,(H2,18,19,20). The van der Waals surface area contributed by atoms with Gasteiger partial charge in [-0.05, 0) is 18.4 Å². The summed E-state index contributed by atoms with van der Waals surface area (Å²) in [4.78, 5) is 4.27. The highest BCUT2D eigenvalue weighted by Crippen LogP contribution is 2.14. The first kappa shape index (κ1) is 15.5. The average molecular weight is 312 g/mol. The molecule has 0 fully saturated rings. The SMILES string of the molecule is CN=C(NCc1ccccc1)NCc1nnc2n1CCCCC2. The maximum atomic E-state index is 4.33. The Kier molecular flexibility index (Phi) is 5.24. The molecule has 3 rings (SSSR count). The second kappa shape index (κ2) is 7.76. The molecule has 0 spiro atoms. The van der Waals surface area contributed by atoms with Gasteiger partial charge in [-0.3, -0.25) is 4.99 Å². The van der Waals surface area contributed by atoms with Crippen molar-refractivity contribution in [3.8, 4) is 0 Å². The van der Waals surface area contributed by atoms with Crippen LogP contribution in [0, 0.1) is 0 Å². The van der Waals surface area contributed by atoms with Gasteiger partial charge in [0.05, 0.1) is 6.54 Å². The molecule has 2 heterocycles. The van der Waals surface area contributed by atoms with E-state index in [1.807, 2.05) is 18.2 Å². The highest BCUT2D eigenvalue weighted by molar-refractivity contribution is 5.79. The van der Waals surface area contributed by atoms with E-state index >= 15 is 0 Å². The highest BCUT2D eigenvalue weighted by Gasteiger charge is 2.14. The van der Waals surface area contributed by atoms with E-state index in [9.17, 15) is 0 Å². The van der Waals surface area contributed by atoms with Crippen LogP contribution in [0.4, 0.5) is 0 Å². The van der Waals surface area contributed by atoms with Crippen molar-refractivity contribution < 1.29 is 0 Å². The van der Waals surface area contributed by atoms with Gasteiger partial charge in [-0.1, -0.05) is 36.8 Å². The number of benzene rings is 1. The number of guanidine groups is 1. The maximum absolute atomic E-state index is 4.33. The molecule has 0 amide bonds. The molecule has 6 nitrogen and oxygen atoms in total. The molecular formula is C17H24N6. The van der Waals surface area contributed by atoms with Gasteiger partial charge in [-0.2, -0.15) is 0 Å². The van der Waals surface area contributed by atoms with Crippen LogP contribution in [0.15, 0.2) is 35.3 Å². The van der Waals surface area contributed by atoms with Crippen LogP contribution in [-0.2, 0) is 26.1 Å². The molecule has 6 heteroatoms. The molecule has 122 valence electrons. The fourth-order valence-corrected chi connectivity index (χ4v) is 2.84. The molecule has 2 N–H and O–H groups in total. The second-order valence-electron chi connectivity index (χ2n) is 5.76. The zero-order valence-electron chi connectivity index (χ0n) is 13.6. The normalized spacial score (nSPS) is 14.9. The van der Waals surface area contributed by atoms with E-state index in [1.54, 1.807) is 7.05 Å². The Morgan fingerprint density at radius 2 is 1.91 bits per heavy atom. The van der Waals surface area contributed by atoms with Crippen LogP contribution in [-0.4, -0.2) is 27.8 Å². The van der Waals surface area contributed by atoms with Gasteiger partial charge in [0, 0.05) is 26.6 Å². The molecule has 0 atom stereocenters. The fourth-order valence-electron chi connectivity index (χ4n) is 2.84. The largest absolute Gasteiger partial charge is 0.352 e. The van der Waals surface area contributed by atoms with E-state index < -0.39 is 0 Å². The summed E-state index contributed by atoms with van der Waals surface area (Å²) < 4.78 is 2.25. The molecule has 2 aromatic rings. The van der Waals surface area contributed by atoms with Gasteiger partial charge in [-0.15, -0.1) is 10.2 Å². The van der Waals surface area contributed by atoms with Crippen molar-refractivity contribution in [3.05, 3.63) is 47.5 Å². The van der Waals surface area contributed by atoms with Gasteiger partial charge >= 0.3 is 0 Å². The number of aromatic nitrogens is 3. The highest BCUT2D eigenvalue weighted by atomic mass is 15.3. The van der Waals surface area contributed by atoms with Gasteiger partial charge in [0.1, 0.15) is 5.82 Å². The van der Waals surface area contributed by atoms with Gasteiger partial charge in [0.15, 0.2) is 11.8 Å². The Morgan fingerprint density at radius 3 is 2.74 bits per heavy atom. The molecule has 1 aromatic heterocycles. The Bertz CT molecular complexity index is 646. The monoisotopic (exact) mass is 312 g/mol. The average Bonchev–Trinajstić information content (AvgIpc) is 2.83. The summed E-state index contributed by atoms with van der Waals surface area (Å²) >= 11 is 0. The third kappa shape index (κ3) is 4.09. The summed E-state index contributed by atoms with van der Waals surface area (Å²) in [6.45, 7) is 2.41. The zero-order valence-corrected chi connectivity index (χ0v) is 13.6. The maximum Gasteiger partial charge on any atom is 0.191 e. The Morgan fingerprint density at radius 1 is 1.09 bits per heavy atom. The smallest absolute Gasteiger partial charge is 0.191 e. The number of nitrogens with zero attached hydrogens (tertiary/aromatic N) is 4. The van der Waals surface area contributed by atoms with Crippen molar-refractivity contribution in [2.75, 3.05) is 7.05 Å². The third-order valence-corrected chi connectivity index (χ3v) is 4.13. The molecule has 0 aliphatic carbocycles. The molecule has 0 unspecified atom stereocenters. The first-order chi connectivity index (χ1) is 11.4. The third-order valence-electron chi connectivity index (χ3n) is 4.13. The first-order valence-electron chi connectivity index (χ1n) is 8.26. The van der Waals surface area contributed by atoms with E-state index in [0.29, 0.717) is 6.54 Å². The molecule has 0 saturated heterocycles. The van der Waals surface area contributed by atoms with Crippen molar-refractivity contribution in [2.24, 2.45) is 4.99 Å². The molecular weight excluding hydrogens is 288 g/mol. The zero-order chi connectivity index (χ0) is 15.9. The summed E-state index contributed by atoms with van der Waals surface area (Å²) in [6.07, 6.45) is 4.73. The van der Waals surface area contributed by atoms with Crippen molar-refractivity contribution in [3.63, 3.8) is 0 Å². The Labute approximate surface area is 137 Å². The molecule has 0 radical (unpaired) electrons. The number of aliphatic imine (C=N–C) groups is 1. The first-order valence-corrected chi connectivity index (χ1v) is 8.26. The van der Waals surface area contributed by atoms with Crippen LogP contribution >= 0.6 is 0 Å². The summed E-state index contributed by atoms with van der Waals surface area (Å²) in [7, 11) is 1.78. The Balaban J connectivity index is 1.55. The van der Waals surface area contributed by atoms with E-state index in [-0.39, 0.29) is 0 Å². The number of fused-ring (bicyclic) bond motifs is 1. The minimum absolute atomic E-state index is 0.640.